The largest absolute Gasteiger partial charge is 0.364 e. The highest BCUT2D eigenvalue weighted by molar-refractivity contribution is 5.85. The molecule has 1 fully saturated rings. The average molecular weight is 324 g/mol. The number of rotatable bonds is 6. The second-order valence-corrected chi connectivity index (χ2v) is 5.98. The fourth-order valence-corrected chi connectivity index (χ4v) is 3.04. The molecule has 3 rings (SSSR count). The first-order valence-electron chi connectivity index (χ1n) is 8.08. The van der Waals surface area contributed by atoms with Crippen LogP contribution in [-0.4, -0.2) is 19.6 Å². The molecular formula is C16H26ClN5. The summed E-state index contributed by atoms with van der Waals surface area (Å²) >= 11 is 0. The first-order chi connectivity index (χ1) is 10.3. The molecule has 122 valence electrons. The predicted molar refractivity (Wildman–Crippen MR) is 91.6 cm³/mol. The minimum Gasteiger partial charge on any atom is -0.364 e. The molecule has 0 unspecified atom stereocenters. The third kappa shape index (κ3) is 3.83. The molecule has 1 saturated carbocycles. The number of nitrogens with one attached hydrogen (secondary N) is 1. The molecule has 22 heavy (non-hydrogen) atoms. The number of hydrogen-bond acceptors (Lipinski definition) is 3. The van der Waals surface area contributed by atoms with Gasteiger partial charge in [-0.05, 0) is 26.2 Å². The summed E-state index contributed by atoms with van der Waals surface area (Å²) < 4.78 is 4.16. The maximum Gasteiger partial charge on any atom is 0.148 e. The van der Waals surface area contributed by atoms with Crippen LogP contribution < -0.4 is 5.32 Å². The van der Waals surface area contributed by atoms with E-state index in [0.29, 0.717) is 6.04 Å². The van der Waals surface area contributed by atoms with Crippen molar-refractivity contribution < 1.29 is 0 Å². The molecular weight excluding hydrogens is 298 g/mol. The van der Waals surface area contributed by atoms with Crippen molar-refractivity contribution in [1.82, 2.24) is 19.6 Å². The van der Waals surface area contributed by atoms with Crippen LogP contribution in [0, 0.1) is 6.92 Å². The summed E-state index contributed by atoms with van der Waals surface area (Å²) in [5.41, 5.74) is 2.40. The third-order valence-corrected chi connectivity index (χ3v) is 4.27. The molecule has 0 spiro atoms. The second-order valence-electron chi connectivity index (χ2n) is 5.98. The fourth-order valence-electron chi connectivity index (χ4n) is 3.04. The Kier molecular flexibility index (Phi) is 5.89. The molecule has 5 nitrogen and oxygen atoms in total. The zero-order valence-electron chi connectivity index (χ0n) is 13.5. The fraction of sp³-hybridized carbons (Fsp3) is 0.625. The Morgan fingerprint density at radius 2 is 2.05 bits per heavy atom. The van der Waals surface area contributed by atoms with Crippen LogP contribution in [0.15, 0.2) is 18.5 Å². The first-order valence-corrected chi connectivity index (χ1v) is 8.08. The summed E-state index contributed by atoms with van der Waals surface area (Å²) in [5, 5.41) is 12.6. The van der Waals surface area contributed by atoms with Gasteiger partial charge in [-0.3, -0.25) is 9.36 Å². The topological polar surface area (TPSA) is 47.7 Å². The lowest BCUT2D eigenvalue weighted by atomic mass is 10.2. The molecule has 6 heteroatoms. The van der Waals surface area contributed by atoms with Gasteiger partial charge in [0.05, 0.1) is 11.7 Å². The van der Waals surface area contributed by atoms with Crippen LogP contribution in [0.25, 0.3) is 0 Å². The number of nitrogens with zero attached hydrogens (tertiary/aromatic N) is 4. The molecule has 1 aliphatic carbocycles. The molecule has 0 radical (unpaired) electrons. The van der Waals surface area contributed by atoms with Gasteiger partial charge < -0.3 is 5.32 Å². The number of anilines is 1. The van der Waals surface area contributed by atoms with Gasteiger partial charge in [-0.1, -0.05) is 19.8 Å². The van der Waals surface area contributed by atoms with Gasteiger partial charge in [0.2, 0.25) is 0 Å². The first kappa shape index (κ1) is 16.9. The lowest BCUT2D eigenvalue weighted by Gasteiger charge is -2.08. The number of aryl methyl sites for hydroxylation is 2. The van der Waals surface area contributed by atoms with Crippen LogP contribution >= 0.6 is 12.4 Å². The third-order valence-electron chi connectivity index (χ3n) is 4.27. The van der Waals surface area contributed by atoms with E-state index < -0.39 is 0 Å². The van der Waals surface area contributed by atoms with Gasteiger partial charge in [0.15, 0.2) is 0 Å². The van der Waals surface area contributed by atoms with Crippen molar-refractivity contribution in [3.05, 3.63) is 29.7 Å². The van der Waals surface area contributed by atoms with Gasteiger partial charge in [0, 0.05) is 37.1 Å². The highest BCUT2D eigenvalue weighted by Gasteiger charge is 2.18. The summed E-state index contributed by atoms with van der Waals surface area (Å²) in [6, 6.07) is 2.65. The van der Waals surface area contributed by atoms with Crippen molar-refractivity contribution in [1.29, 1.82) is 0 Å². The highest BCUT2D eigenvalue weighted by atomic mass is 35.5. The van der Waals surface area contributed by atoms with Crippen molar-refractivity contribution in [3.63, 3.8) is 0 Å². The van der Waals surface area contributed by atoms with E-state index in [2.05, 4.69) is 35.1 Å². The van der Waals surface area contributed by atoms with Crippen LogP contribution in [0.1, 0.15) is 56.3 Å². The summed E-state index contributed by atoms with van der Waals surface area (Å²) in [6.45, 7) is 6.02. The van der Waals surface area contributed by atoms with Crippen molar-refractivity contribution in [2.75, 3.05) is 5.32 Å². The summed E-state index contributed by atoms with van der Waals surface area (Å²) in [7, 11) is 0. The molecule has 2 aromatic heterocycles. The van der Waals surface area contributed by atoms with Crippen LogP contribution in [0.3, 0.4) is 0 Å². The Morgan fingerprint density at radius 1 is 1.27 bits per heavy atom. The monoisotopic (exact) mass is 323 g/mol. The Hall–Kier alpha value is -1.49. The Labute approximate surface area is 138 Å². The second kappa shape index (κ2) is 7.68. The van der Waals surface area contributed by atoms with E-state index in [-0.39, 0.29) is 12.4 Å². The summed E-state index contributed by atoms with van der Waals surface area (Å²) in [4.78, 5) is 0. The molecule has 0 amide bonds. The summed E-state index contributed by atoms with van der Waals surface area (Å²) in [5.74, 6) is 0.941. The van der Waals surface area contributed by atoms with Crippen LogP contribution in [0.2, 0.25) is 0 Å². The van der Waals surface area contributed by atoms with Crippen molar-refractivity contribution >= 4 is 18.2 Å². The molecule has 1 N–H and O–H groups in total. The maximum absolute atomic E-state index is 4.69. The van der Waals surface area contributed by atoms with Gasteiger partial charge in [0.1, 0.15) is 5.82 Å². The van der Waals surface area contributed by atoms with E-state index in [1.807, 2.05) is 16.9 Å². The minimum atomic E-state index is 0. The van der Waals surface area contributed by atoms with Crippen LogP contribution in [0.4, 0.5) is 5.82 Å². The molecule has 0 aromatic carbocycles. The Balaban J connectivity index is 0.00000176. The van der Waals surface area contributed by atoms with Gasteiger partial charge in [-0.25, -0.2) is 0 Å². The minimum absolute atomic E-state index is 0. The molecule has 1 aliphatic rings. The normalized spacial score (nSPS) is 15.0. The maximum atomic E-state index is 4.69. The van der Waals surface area contributed by atoms with Gasteiger partial charge in [-0.15, -0.1) is 12.4 Å². The number of hydrogen-bond donors (Lipinski definition) is 1. The van der Waals surface area contributed by atoms with Gasteiger partial charge >= 0.3 is 0 Å². The van der Waals surface area contributed by atoms with Crippen LogP contribution in [-0.2, 0) is 13.1 Å². The smallest absolute Gasteiger partial charge is 0.148 e. The SMILES string of the molecule is CCCn1ccc(NCc2cn(C3CCCC3)nc2C)n1.Cl. The lowest BCUT2D eigenvalue weighted by molar-refractivity contribution is 0.464. The molecule has 0 atom stereocenters. The van der Waals surface area contributed by atoms with E-state index in [4.69, 9.17) is 5.10 Å². The molecule has 0 saturated heterocycles. The van der Waals surface area contributed by atoms with E-state index >= 15 is 0 Å². The zero-order valence-corrected chi connectivity index (χ0v) is 14.3. The Morgan fingerprint density at radius 3 is 2.77 bits per heavy atom. The van der Waals surface area contributed by atoms with Gasteiger partial charge in [-0.2, -0.15) is 10.2 Å². The number of aromatic nitrogens is 4. The van der Waals surface area contributed by atoms with E-state index in [9.17, 15) is 0 Å². The average Bonchev–Trinajstić information content (AvgIpc) is 3.17. The lowest BCUT2D eigenvalue weighted by Crippen LogP contribution is -2.05. The van der Waals surface area contributed by atoms with Crippen molar-refractivity contribution in [2.24, 2.45) is 0 Å². The standard InChI is InChI=1S/C16H25N5.ClH/c1-3-9-20-10-8-16(19-20)17-11-14-12-21(18-13(14)2)15-6-4-5-7-15;/h8,10,12,15H,3-7,9,11H2,1-2H3,(H,17,19);1H. The van der Waals surface area contributed by atoms with Crippen molar-refractivity contribution in [2.45, 2.75) is 65.1 Å². The van der Waals surface area contributed by atoms with E-state index in [0.717, 1.165) is 31.0 Å². The Bertz CT molecular complexity index is 583. The van der Waals surface area contributed by atoms with E-state index in [1.54, 1.807) is 0 Å². The predicted octanol–water partition coefficient (Wildman–Crippen LogP) is 3.95. The number of halogens is 1. The molecule has 2 heterocycles. The van der Waals surface area contributed by atoms with Crippen molar-refractivity contribution in [3.8, 4) is 0 Å². The molecule has 2 aromatic rings. The zero-order chi connectivity index (χ0) is 14.7. The highest BCUT2D eigenvalue weighted by Crippen LogP contribution is 2.29. The van der Waals surface area contributed by atoms with E-state index in [1.165, 1.54) is 31.2 Å². The molecule has 0 aliphatic heterocycles. The van der Waals surface area contributed by atoms with Gasteiger partial charge in [0.25, 0.3) is 0 Å². The van der Waals surface area contributed by atoms with Crippen LogP contribution in [0.5, 0.6) is 0 Å². The quantitative estimate of drug-likeness (QED) is 0.875. The summed E-state index contributed by atoms with van der Waals surface area (Å²) in [6.07, 6.45) is 10.6. The molecule has 0 bridgehead atoms.